The van der Waals surface area contributed by atoms with Gasteiger partial charge in [0.1, 0.15) is 17.0 Å². The molecule has 0 saturated carbocycles. The topological polar surface area (TPSA) is 93.4 Å². The van der Waals surface area contributed by atoms with Crippen LogP contribution in [0.5, 0.6) is 0 Å². The van der Waals surface area contributed by atoms with Crippen molar-refractivity contribution in [1.82, 2.24) is 20.4 Å². The number of fused-ring (bicyclic) bond motifs is 1. The third-order valence-corrected chi connectivity index (χ3v) is 4.91. The van der Waals surface area contributed by atoms with Gasteiger partial charge in [-0.2, -0.15) is 4.98 Å². The van der Waals surface area contributed by atoms with Gasteiger partial charge in [-0.05, 0) is 25.2 Å². The van der Waals surface area contributed by atoms with Crippen LogP contribution in [0.3, 0.4) is 0 Å². The second-order valence-electron chi connectivity index (χ2n) is 7.61. The summed E-state index contributed by atoms with van der Waals surface area (Å²) in [6.45, 7) is 9.38. The van der Waals surface area contributed by atoms with Crippen molar-refractivity contribution >= 4 is 22.8 Å². The number of hydrogen-bond donors (Lipinski definition) is 1. The highest BCUT2D eigenvalue weighted by Gasteiger charge is 2.27. The summed E-state index contributed by atoms with van der Waals surface area (Å²) in [4.78, 5) is 23.6. The smallest absolute Gasteiger partial charge is 0.263 e. The summed E-state index contributed by atoms with van der Waals surface area (Å²) < 4.78 is 10.4. The van der Waals surface area contributed by atoms with Gasteiger partial charge in [0.25, 0.3) is 5.71 Å². The van der Waals surface area contributed by atoms with Gasteiger partial charge in [0.15, 0.2) is 0 Å². The Morgan fingerprint density at radius 1 is 1.30 bits per heavy atom. The normalized spacial score (nSPS) is 20.2. The summed E-state index contributed by atoms with van der Waals surface area (Å²) in [5.74, 6) is 2.67. The van der Waals surface area contributed by atoms with Crippen molar-refractivity contribution in [2.45, 2.75) is 40.0 Å². The molecule has 3 heterocycles. The molecule has 1 fully saturated rings. The molecule has 0 radical (unpaired) electrons. The first-order valence-electron chi connectivity index (χ1n) is 9.61. The molecule has 0 aliphatic carbocycles. The van der Waals surface area contributed by atoms with Crippen molar-refractivity contribution in [3.63, 3.8) is 0 Å². The Labute approximate surface area is 159 Å². The molecule has 1 N–H and O–H groups in total. The van der Waals surface area contributed by atoms with E-state index in [0.717, 1.165) is 30.0 Å². The number of nitrogens with one attached hydrogen (secondary N) is 1. The Balaban J connectivity index is 1.80. The van der Waals surface area contributed by atoms with Crippen LogP contribution in [-0.4, -0.2) is 54.4 Å². The third-order valence-electron chi connectivity index (χ3n) is 4.91. The molecular formula is C19H29N5O3. The van der Waals surface area contributed by atoms with Crippen molar-refractivity contribution in [2.75, 3.05) is 38.3 Å². The number of rotatable bonds is 7. The van der Waals surface area contributed by atoms with Crippen LogP contribution < -0.4 is 10.2 Å². The lowest BCUT2D eigenvalue weighted by Crippen LogP contribution is -2.39. The maximum Gasteiger partial charge on any atom is 0.263 e. The zero-order valence-electron chi connectivity index (χ0n) is 16.6. The van der Waals surface area contributed by atoms with Crippen LogP contribution in [0.2, 0.25) is 0 Å². The Morgan fingerprint density at radius 2 is 2.04 bits per heavy atom. The molecule has 2 unspecified atom stereocenters. The van der Waals surface area contributed by atoms with Crippen LogP contribution >= 0.6 is 0 Å². The van der Waals surface area contributed by atoms with Gasteiger partial charge in [-0.15, -0.1) is 0 Å². The lowest BCUT2D eigenvalue weighted by Gasteiger charge is -2.36. The molecule has 8 heteroatoms. The molecular weight excluding hydrogens is 346 g/mol. The standard InChI is InChI=1S/C19H29N5O3/c1-12-9-13(2)11-24(10-12)18-17-14(3)23-27-19(17)22-15(21-18)5-6-16(25)20-7-8-26-4/h12-13H,5-11H2,1-4H3,(H,20,25). The van der Waals surface area contributed by atoms with Gasteiger partial charge in [-0.3, -0.25) is 4.79 Å². The molecule has 2 atom stereocenters. The number of hydrogen-bond acceptors (Lipinski definition) is 7. The van der Waals surface area contributed by atoms with Gasteiger partial charge >= 0.3 is 0 Å². The minimum Gasteiger partial charge on any atom is -0.383 e. The van der Waals surface area contributed by atoms with E-state index in [0.29, 0.717) is 49.4 Å². The van der Waals surface area contributed by atoms with Gasteiger partial charge < -0.3 is 19.5 Å². The number of anilines is 1. The van der Waals surface area contributed by atoms with E-state index >= 15 is 0 Å². The van der Waals surface area contributed by atoms with E-state index < -0.39 is 0 Å². The number of amides is 1. The first-order chi connectivity index (χ1) is 13.0. The lowest BCUT2D eigenvalue weighted by atomic mass is 9.92. The van der Waals surface area contributed by atoms with Crippen LogP contribution in [0, 0.1) is 18.8 Å². The average molecular weight is 375 g/mol. The van der Waals surface area contributed by atoms with E-state index in [4.69, 9.17) is 14.2 Å². The van der Waals surface area contributed by atoms with E-state index in [1.807, 2.05) is 6.92 Å². The van der Waals surface area contributed by atoms with Crippen molar-refractivity contribution < 1.29 is 14.1 Å². The van der Waals surface area contributed by atoms with E-state index in [-0.39, 0.29) is 5.91 Å². The number of carbonyl (C=O) groups excluding carboxylic acids is 1. The molecule has 27 heavy (non-hydrogen) atoms. The second kappa shape index (κ2) is 8.65. The number of ether oxygens (including phenoxy) is 1. The summed E-state index contributed by atoms with van der Waals surface area (Å²) in [5.41, 5.74) is 1.30. The van der Waals surface area contributed by atoms with Crippen LogP contribution in [0.4, 0.5) is 5.82 Å². The number of aryl methyl sites for hydroxylation is 2. The van der Waals surface area contributed by atoms with E-state index in [2.05, 4.69) is 34.2 Å². The van der Waals surface area contributed by atoms with Gasteiger partial charge in [-0.25, -0.2) is 4.98 Å². The van der Waals surface area contributed by atoms with Crippen molar-refractivity contribution in [2.24, 2.45) is 11.8 Å². The molecule has 148 valence electrons. The second-order valence-corrected chi connectivity index (χ2v) is 7.61. The highest BCUT2D eigenvalue weighted by Crippen LogP contribution is 2.31. The molecule has 2 aromatic rings. The largest absolute Gasteiger partial charge is 0.383 e. The molecule has 1 aliphatic heterocycles. The summed E-state index contributed by atoms with van der Waals surface area (Å²) in [6, 6.07) is 0. The van der Waals surface area contributed by atoms with Gasteiger partial charge in [0.2, 0.25) is 5.91 Å². The van der Waals surface area contributed by atoms with Crippen LogP contribution in [0.15, 0.2) is 4.52 Å². The lowest BCUT2D eigenvalue weighted by molar-refractivity contribution is -0.121. The first kappa shape index (κ1) is 19.5. The third kappa shape index (κ3) is 4.74. The van der Waals surface area contributed by atoms with Crippen molar-refractivity contribution in [3.05, 3.63) is 11.5 Å². The number of piperidine rings is 1. The molecule has 0 spiro atoms. The minimum atomic E-state index is -0.0359. The van der Waals surface area contributed by atoms with E-state index in [1.165, 1.54) is 6.42 Å². The Morgan fingerprint density at radius 3 is 2.74 bits per heavy atom. The predicted octanol–water partition coefficient (Wildman–Crippen LogP) is 2.10. The average Bonchev–Trinajstić information content (AvgIpc) is 3.00. The van der Waals surface area contributed by atoms with Gasteiger partial charge in [0, 0.05) is 39.6 Å². The van der Waals surface area contributed by atoms with E-state index in [1.54, 1.807) is 7.11 Å². The number of nitrogens with zero attached hydrogens (tertiary/aromatic N) is 4. The molecule has 0 aromatic carbocycles. The minimum absolute atomic E-state index is 0.0359. The fourth-order valence-corrected chi connectivity index (χ4v) is 3.79. The molecule has 2 aromatic heterocycles. The van der Waals surface area contributed by atoms with Crippen LogP contribution in [0.25, 0.3) is 11.1 Å². The zero-order chi connectivity index (χ0) is 19.4. The van der Waals surface area contributed by atoms with Crippen molar-refractivity contribution in [3.8, 4) is 0 Å². The fraction of sp³-hybridized carbons (Fsp3) is 0.684. The zero-order valence-corrected chi connectivity index (χ0v) is 16.6. The fourth-order valence-electron chi connectivity index (χ4n) is 3.79. The summed E-state index contributed by atoms with van der Waals surface area (Å²) in [5, 5.41) is 7.78. The van der Waals surface area contributed by atoms with Crippen molar-refractivity contribution in [1.29, 1.82) is 0 Å². The molecule has 8 nitrogen and oxygen atoms in total. The number of carbonyl (C=O) groups is 1. The molecule has 1 aliphatic rings. The number of methoxy groups -OCH3 is 1. The Bertz CT molecular complexity index is 781. The summed E-state index contributed by atoms with van der Waals surface area (Å²) >= 11 is 0. The highest BCUT2D eigenvalue weighted by atomic mass is 16.5. The summed E-state index contributed by atoms with van der Waals surface area (Å²) in [6.07, 6.45) is 2.01. The maximum absolute atomic E-state index is 12.0. The van der Waals surface area contributed by atoms with Gasteiger partial charge in [0.05, 0.1) is 12.3 Å². The predicted molar refractivity (Wildman–Crippen MR) is 103 cm³/mol. The van der Waals surface area contributed by atoms with E-state index in [9.17, 15) is 4.79 Å². The molecule has 1 saturated heterocycles. The molecule has 3 rings (SSSR count). The Kier molecular flexibility index (Phi) is 6.26. The molecule has 0 bridgehead atoms. The highest BCUT2D eigenvalue weighted by molar-refractivity contribution is 5.88. The van der Waals surface area contributed by atoms with Gasteiger partial charge in [-0.1, -0.05) is 19.0 Å². The Hall–Kier alpha value is -2.22. The molecule has 1 amide bonds. The number of aromatic nitrogens is 3. The first-order valence-corrected chi connectivity index (χ1v) is 9.61. The SMILES string of the molecule is COCCNC(=O)CCc1nc(N2CC(C)CC(C)C2)c2c(C)noc2n1. The monoisotopic (exact) mass is 375 g/mol. The summed E-state index contributed by atoms with van der Waals surface area (Å²) in [7, 11) is 1.61. The van der Waals surface area contributed by atoms with Crippen LogP contribution in [0.1, 0.15) is 38.2 Å². The van der Waals surface area contributed by atoms with Crippen LogP contribution in [-0.2, 0) is 16.0 Å². The quantitative estimate of drug-likeness (QED) is 0.741. The maximum atomic E-state index is 12.0.